The maximum Gasteiger partial charge on any atom is 0.506 e. The van der Waals surface area contributed by atoms with Gasteiger partial charge >= 0.3 is 6.16 Å². The second kappa shape index (κ2) is 6.58. The number of ether oxygens (including phenoxy) is 1. The average molecular weight is 253 g/mol. The van der Waals surface area contributed by atoms with E-state index in [1.807, 2.05) is 0 Å². The highest BCUT2D eigenvalue weighted by Crippen LogP contribution is 2.14. The van der Waals surface area contributed by atoms with Crippen LogP contribution in [0.5, 0.6) is 0 Å². The molecule has 1 unspecified atom stereocenters. The Morgan fingerprint density at radius 3 is 2.56 bits per heavy atom. The molecule has 1 atom stereocenters. The number of nitrogens with zero attached hydrogens (tertiary/aromatic N) is 1. The number of hydrogen-bond acceptors (Lipinski definition) is 4. The molecule has 0 aliphatic heterocycles. The van der Waals surface area contributed by atoms with Crippen LogP contribution in [0, 0.1) is 10.1 Å². The second-order valence-electron chi connectivity index (χ2n) is 4.01. The van der Waals surface area contributed by atoms with Gasteiger partial charge in [0, 0.05) is 12.1 Å². The van der Waals surface area contributed by atoms with E-state index < -0.39 is 11.1 Å². The maximum absolute atomic E-state index is 10.5. The van der Waals surface area contributed by atoms with Crippen molar-refractivity contribution in [2.75, 3.05) is 0 Å². The summed E-state index contributed by atoms with van der Waals surface area (Å²) in [5.41, 5.74) is 1.06. The van der Waals surface area contributed by atoms with E-state index in [0.717, 1.165) is 18.4 Å². The van der Waals surface area contributed by atoms with E-state index in [1.165, 1.54) is 12.1 Å². The van der Waals surface area contributed by atoms with E-state index in [1.54, 1.807) is 19.1 Å². The Bertz CT molecular complexity index is 415. The van der Waals surface area contributed by atoms with Crippen molar-refractivity contribution < 1.29 is 19.6 Å². The van der Waals surface area contributed by atoms with Gasteiger partial charge in [-0.25, -0.2) is 4.79 Å². The Hall–Kier alpha value is -2.11. The number of hydrogen-bond donors (Lipinski definition) is 1. The summed E-state index contributed by atoms with van der Waals surface area (Å²) in [4.78, 5) is 20.3. The molecule has 1 aromatic rings. The number of carbonyl (C=O) groups is 1. The molecule has 0 fully saturated rings. The summed E-state index contributed by atoms with van der Waals surface area (Å²) in [5, 5.41) is 18.8. The predicted octanol–water partition coefficient (Wildman–Crippen LogP) is 3.00. The zero-order valence-electron chi connectivity index (χ0n) is 10.0. The predicted molar refractivity (Wildman–Crippen MR) is 64.6 cm³/mol. The van der Waals surface area contributed by atoms with Gasteiger partial charge in [0.1, 0.15) is 6.10 Å². The number of carboxylic acid groups (broad SMARTS) is 1. The quantitative estimate of drug-likeness (QED) is 0.478. The lowest BCUT2D eigenvalue weighted by Crippen LogP contribution is -2.12. The lowest BCUT2D eigenvalue weighted by Gasteiger charge is -2.09. The van der Waals surface area contributed by atoms with Crippen molar-refractivity contribution >= 4 is 11.8 Å². The number of aryl methyl sites for hydroxylation is 1. The maximum atomic E-state index is 10.5. The first-order valence-corrected chi connectivity index (χ1v) is 5.62. The van der Waals surface area contributed by atoms with Crippen LogP contribution in [0.4, 0.5) is 10.5 Å². The highest BCUT2D eigenvalue weighted by atomic mass is 16.7. The molecular weight excluding hydrogens is 238 g/mol. The average Bonchev–Trinajstić information content (AvgIpc) is 2.28. The first kappa shape index (κ1) is 14.0. The standard InChI is InChI=1S/C12H15NO5/c1-9(18-12(14)15)3-2-4-10-5-7-11(8-6-10)13(16)17/h5-9H,2-4H2,1H3,(H,14,15). The molecule has 0 aromatic heterocycles. The Balaban J connectivity index is 2.35. The number of nitro groups is 1. The highest BCUT2D eigenvalue weighted by molar-refractivity contribution is 5.56. The van der Waals surface area contributed by atoms with Crippen LogP contribution >= 0.6 is 0 Å². The van der Waals surface area contributed by atoms with Gasteiger partial charge in [-0.3, -0.25) is 10.1 Å². The summed E-state index contributed by atoms with van der Waals surface area (Å²) in [7, 11) is 0. The molecular formula is C12H15NO5. The molecule has 0 saturated carbocycles. The molecule has 0 amide bonds. The third-order valence-electron chi connectivity index (χ3n) is 2.53. The van der Waals surface area contributed by atoms with Crippen LogP contribution in [0.15, 0.2) is 24.3 Å². The molecule has 6 heteroatoms. The monoisotopic (exact) mass is 253 g/mol. The topological polar surface area (TPSA) is 89.7 Å². The molecule has 0 spiro atoms. The Morgan fingerprint density at radius 2 is 2.06 bits per heavy atom. The normalized spacial score (nSPS) is 11.8. The minimum absolute atomic E-state index is 0.0707. The van der Waals surface area contributed by atoms with Crippen molar-refractivity contribution in [3.8, 4) is 0 Å². The fraction of sp³-hybridized carbons (Fsp3) is 0.417. The van der Waals surface area contributed by atoms with Gasteiger partial charge in [0.05, 0.1) is 4.92 Å². The summed E-state index contributed by atoms with van der Waals surface area (Å²) >= 11 is 0. The lowest BCUT2D eigenvalue weighted by molar-refractivity contribution is -0.384. The molecule has 98 valence electrons. The third kappa shape index (κ3) is 4.82. The third-order valence-corrected chi connectivity index (χ3v) is 2.53. The Labute approximate surface area is 104 Å². The zero-order chi connectivity index (χ0) is 13.5. The molecule has 0 bridgehead atoms. The molecule has 0 aliphatic rings. The van der Waals surface area contributed by atoms with Crippen LogP contribution in [-0.2, 0) is 11.2 Å². The molecule has 1 N–H and O–H groups in total. The second-order valence-corrected chi connectivity index (χ2v) is 4.01. The first-order chi connectivity index (χ1) is 8.49. The number of benzene rings is 1. The molecule has 0 aliphatic carbocycles. The SMILES string of the molecule is CC(CCCc1ccc([N+](=O)[O-])cc1)OC(=O)O. The van der Waals surface area contributed by atoms with E-state index >= 15 is 0 Å². The summed E-state index contributed by atoms with van der Waals surface area (Å²) in [5.74, 6) is 0. The molecule has 18 heavy (non-hydrogen) atoms. The van der Waals surface area contributed by atoms with Crippen molar-refractivity contribution in [3.05, 3.63) is 39.9 Å². The smallest absolute Gasteiger partial charge is 0.450 e. The van der Waals surface area contributed by atoms with Crippen LogP contribution in [-0.4, -0.2) is 22.3 Å². The van der Waals surface area contributed by atoms with Gasteiger partial charge < -0.3 is 9.84 Å². The van der Waals surface area contributed by atoms with Crippen molar-refractivity contribution in [2.24, 2.45) is 0 Å². The highest BCUT2D eigenvalue weighted by Gasteiger charge is 2.08. The molecule has 6 nitrogen and oxygen atoms in total. The summed E-state index contributed by atoms with van der Waals surface area (Å²) < 4.78 is 4.57. The summed E-state index contributed by atoms with van der Waals surface area (Å²) in [6, 6.07) is 6.35. The fourth-order valence-corrected chi connectivity index (χ4v) is 1.61. The Kier molecular flexibility index (Phi) is 5.10. The molecule has 0 heterocycles. The van der Waals surface area contributed by atoms with Crippen LogP contribution in [0.25, 0.3) is 0 Å². The minimum atomic E-state index is -1.27. The van der Waals surface area contributed by atoms with Crippen LogP contribution in [0.1, 0.15) is 25.3 Å². The van der Waals surface area contributed by atoms with E-state index in [4.69, 9.17) is 5.11 Å². The molecule has 0 saturated heterocycles. The van der Waals surface area contributed by atoms with Crippen LogP contribution in [0.2, 0.25) is 0 Å². The van der Waals surface area contributed by atoms with E-state index in [9.17, 15) is 14.9 Å². The zero-order valence-corrected chi connectivity index (χ0v) is 10.0. The van der Waals surface area contributed by atoms with Gasteiger partial charge in [-0.05, 0) is 31.7 Å². The molecule has 0 radical (unpaired) electrons. The van der Waals surface area contributed by atoms with Gasteiger partial charge in [-0.1, -0.05) is 12.1 Å². The summed E-state index contributed by atoms with van der Waals surface area (Å²) in [6.45, 7) is 1.70. The van der Waals surface area contributed by atoms with Crippen molar-refractivity contribution in [1.82, 2.24) is 0 Å². The van der Waals surface area contributed by atoms with Crippen molar-refractivity contribution in [2.45, 2.75) is 32.3 Å². The fourth-order valence-electron chi connectivity index (χ4n) is 1.61. The van der Waals surface area contributed by atoms with E-state index in [0.29, 0.717) is 6.42 Å². The largest absolute Gasteiger partial charge is 0.506 e. The summed E-state index contributed by atoms with van der Waals surface area (Å²) in [6.07, 6.45) is 0.541. The van der Waals surface area contributed by atoms with E-state index in [-0.39, 0.29) is 11.8 Å². The van der Waals surface area contributed by atoms with Gasteiger partial charge in [0.2, 0.25) is 0 Å². The minimum Gasteiger partial charge on any atom is -0.450 e. The van der Waals surface area contributed by atoms with Crippen LogP contribution in [0.3, 0.4) is 0 Å². The van der Waals surface area contributed by atoms with Gasteiger partial charge in [-0.2, -0.15) is 0 Å². The van der Waals surface area contributed by atoms with Crippen LogP contribution < -0.4 is 0 Å². The van der Waals surface area contributed by atoms with Crippen molar-refractivity contribution in [3.63, 3.8) is 0 Å². The molecule has 1 rings (SSSR count). The van der Waals surface area contributed by atoms with Crippen molar-refractivity contribution in [1.29, 1.82) is 0 Å². The number of nitro benzene ring substituents is 1. The van der Waals surface area contributed by atoms with Gasteiger partial charge in [0.25, 0.3) is 5.69 Å². The Morgan fingerprint density at radius 1 is 1.44 bits per heavy atom. The number of non-ortho nitro benzene ring substituents is 1. The van der Waals surface area contributed by atoms with E-state index in [2.05, 4.69) is 4.74 Å². The first-order valence-electron chi connectivity index (χ1n) is 5.62. The van der Waals surface area contributed by atoms with Gasteiger partial charge in [-0.15, -0.1) is 0 Å². The molecule has 1 aromatic carbocycles. The number of rotatable bonds is 6. The lowest BCUT2D eigenvalue weighted by atomic mass is 10.1. The van der Waals surface area contributed by atoms with Gasteiger partial charge in [0.15, 0.2) is 0 Å².